The Labute approximate surface area is 173 Å². The molecule has 7 nitrogen and oxygen atoms in total. The van der Waals surface area contributed by atoms with Crippen molar-refractivity contribution in [3.05, 3.63) is 46.8 Å². The number of hydrogen-bond acceptors (Lipinski definition) is 6. The van der Waals surface area contributed by atoms with Gasteiger partial charge in [0.25, 0.3) is 5.91 Å². The van der Waals surface area contributed by atoms with Crippen LogP contribution in [0.1, 0.15) is 36.0 Å². The van der Waals surface area contributed by atoms with Crippen LogP contribution in [0.3, 0.4) is 0 Å². The minimum Gasteiger partial charge on any atom is -0.444 e. The second-order valence-corrected chi connectivity index (χ2v) is 8.60. The number of benzene rings is 1. The first-order chi connectivity index (χ1) is 13.7. The van der Waals surface area contributed by atoms with Crippen LogP contribution in [-0.4, -0.2) is 29.1 Å². The maximum Gasteiger partial charge on any atom is 0.407 e. The van der Waals surface area contributed by atoms with Crippen molar-refractivity contribution in [3.8, 4) is 11.3 Å². The molecular formula is C21H24N4O3S. The van der Waals surface area contributed by atoms with Crippen LogP contribution in [0, 0.1) is 0 Å². The number of fused-ring (bicyclic) bond motifs is 1. The summed E-state index contributed by atoms with van der Waals surface area (Å²) in [7, 11) is 0. The first kappa shape index (κ1) is 20.6. The molecule has 1 aromatic carbocycles. The van der Waals surface area contributed by atoms with E-state index in [1.807, 2.05) is 57.2 Å². The number of rotatable bonds is 5. The number of ether oxygens (including phenoxy) is 1. The molecule has 152 valence electrons. The number of nitrogen functional groups attached to an aromatic ring is 1. The molecule has 5 N–H and O–H groups in total. The van der Waals surface area contributed by atoms with Crippen molar-refractivity contribution >= 4 is 39.2 Å². The molecule has 0 radical (unpaired) electrons. The lowest BCUT2D eigenvalue weighted by molar-refractivity contribution is 0.0528. The van der Waals surface area contributed by atoms with Gasteiger partial charge in [-0.1, -0.05) is 30.3 Å². The lowest BCUT2D eigenvalue weighted by Crippen LogP contribution is -2.33. The van der Waals surface area contributed by atoms with Crippen molar-refractivity contribution in [2.75, 3.05) is 12.3 Å². The van der Waals surface area contributed by atoms with Crippen molar-refractivity contribution in [2.45, 2.75) is 32.8 Å². The minimum absolute atomic E-state index is 0.291. The molecule has 29 heavy (non-hydrogen) atoms. The third kappa shape index (κ3) is 4.83. The van der Waals surface area contributed by atoms with Crippen molar-refractivity contribution < 1.29 is 14.3 Å². The number of anilines is 1. The van der Waals surface area contributed by atoms with E-state index in [1.54, 1.807) is 0 Å². The molecule has 2 heterocycles. The van der Waals surface area contributed by atoms with Gasteiger partial charge in [-0.3, -0.25) is 4.79 Å². The molecule has 0 spiro atoms. The van der Waals surface area contributed by atoms with Crippen LogP contribution in [0.25, 0.3) is 21.5 Å². The highest BCUT2D eigenvalue weighted by molar-refractivity contribution is 7.21. The highest BCUT2D eigenvalue weighted by Crippen LogP contribution is 2.37. The monoisotopic (exact) mass is 412 g/mol. The fourth-order valence-electron chi connectivity index (χ4n) is 2.95. The summed E-state index contributed by atoms with van der Waals surface area (Å²) in [4.78, 5) is 29.3. The van der Waals surface area contributed by atoms with Gasteiger partial charge in [0.05, 0.1) is 11.4 Å². The number of primary amides is 1. The summed E-state index contributed by atoms with van der Waals surface area (Å²) in [5.41, 5.74) is 14.0. The first-order valence-corrected chi connectivity index (χ1v) is 10.0. The molecule has 0 saturated heterocycles. The molecule has 0 aliphatic heterocycles. The van der Waals surface area contributed by atoms with E-state index in [4.69, 9.17) is 16.2 Å². The van der Waals surface area contributed by atoms with Gasteiger partial charge in [0.1, 0.15) is 15.3 Å². The van der Waals surface area contributed by atoms with Gasteiger partial charge in [-0.05, 0) is 38.8 Å². The number of carbonyl (C=O) groups is 2. The Morgan fingerprint density at radius 1 is 1.21 bits per heavy atom. The zero-order valence-electron chi connectivity index (χ0n) is 16.6. The predicted molar refractivity (Wildman–Crippen MR) is 116 cm³/mol. The summed E-state index contributed by atoms with van der Waals surface area (Å²) in [5, 5.41) is 3.45. The largest absolute Gasteiger partial charge is 0.444 e. The molecule has 0 aliphatic rings. The van der Waals surface area contributed by atoms with E-state index in [2.05, 4.69) is 10.3 Å². The number of hydrogen-bond donors (Lipinski definition) is 3. The van der Waals surface area contributed by atoms with Crippen LogP contribution in [0.2, 0.25) is 0 Å². The van der Waals surface area contributed by atoms with Gasteiger partial charge < -0.3 is 21.5 Å². The topological polar surface area (TPSA) is 120 Å². The second-order valence-electron chi connectivity index (χ2n) is 7.60. The molecule has 0 saturated carbocycles. The van der Waals surface area contributed by atoms with Crippen LogP contribution >= 0.6 is 11.3 Å². The first-order valence-electron chi connectivity index (χ1n) is 9.19. The Balaban J connectivity index is 1.95. The van der Waals surface area contributed by atoms with Crippen molar-refractivity contribution in [1.82, 2.24) is 10.3 Å². The van der Waals surface area contributed by atoms with Crippen LogP contribution in [0.4, 0.5) is 10.5 Å². The summed E-state index contributed by atoms with van der Waals surface area (Å²) in [5.74, 6) is -0.579. The summed E-state index contributed by atoms with van der Waals surface area (Å²) < 4.78 is 5.27. The molecule has 0 unspecified atom stereocenters. The summed E-state index contributed by atoms with van der Waals surface area (Å²) in [6.07, 6.45) is 0.0132. The standard InChI is InChI=1S/C21H24N4O3S/c1-21(2,3)28-20(27)24-10-9-13-11-14(12-7-5-4-6-8-12)25-19-15(13)16(22)17(29-19)18(23)26/h4-8,11H,9-10,22H2,1-3H3,(H2,23,26)(H,24,27). The Morgan fingerprint density at radius 3 is 2.52 bits per heavy atom. The van der Waals surface area contributed by atoms with Gasteiger partial charge in [-0.15, -0.1) is 11.3 Å². The van der Waals surface area contributed by atoms with E-state index in [9.17, 15) is 9.59 Å². The van der Waals surface area contributed by atoms with Gasteiger partial charge in [-0.2, -0.15) is 0 Å². The third-order valence-electron chi connectivity index (χ3n) is 4.14. The maximum absolute atomic E-state index is 11.9. The lowest BCUT2D eigenvalue weighted by Gasteiger charge is -2.19. The van der Waals surface area contributed by atoms with Gasteiger partial charge >= 0.3 is 6.09 Å². The fraction of sp³-hybridized carbons (Fsp3) is 0.286. The second kappa shape index (κ2) is 8.08. The van der Waals surface area contributed by atoms with Gasteiger partial charge in [0.2, 0.25) is 0 Å². The van der Waals surface area contributed by atoms with Crippen molar-refractivity contribution in [3.63, 3.8) is 0 Å². The van der Waals surface area contributed by atoms with Crippen LogP contribution in [0.5, 0.6) is 0 Å². The quantitative estimate of drug-likeness (QED) is 0.590. The average molecular weight is 413 g/mol. The fourth-order valence-corrected chi connectivity index (χ4v) is 3.94. The molecular weight excluding hydrogens is 388 g/mol. The van der Waals surface area contributed by atoms with E-state index < -0.39 is 17.6 Å². The van der Waals surface area contributed by atoms with Gasteiger partial charge in [-0.25, -0.2) is 9.78 Å². The Kier molecular flexibility index (Phi) is 5.74. The van der Waals surface area contributed by atoms with E-state index in [-0.39, 0.29) is 0 Å². The number of nitrogens with two attached hydrogens (primary N) is 2. The van der Waals surface area contributed by atoms with E-state index in [0.717, 1.165) is 16.8 Å². The normalized spacial score (nSPS) is 11.4. The highest BCUT2D eigenvalue weighted by Gasteiger charge is 2.20. The van der Waals surface area contributed by atoms with Crippen LogP contribution < -0.4 is 16.8 Å². The molecule has 8 heteroatoms. The molecule has 2 aromatic heterocycles. The van der Waals surface area contributed by atoms with Gasteiger partial charge in [0, 0.05) is 17.5 Å². The van der Waals surface area contributed by atoms with Crippen LogP contribution in [-0.2, 0) is 11.2 Å². The van der Waals surface area contributed by atoms with Crippen molar-refractivity contribution in [2.24, 2.45) is 5.73 Å². The molecule has 2 amide bonds. The highest BCUT2D eigenvalue weighted by atomic mass is 32.1. The number of alkyl carbamates (subject to hydrolysis) is 1. The molecule has 3 aromatic rings. The number of amides is 2. The summed E-state index contributed by atoms with van der Waals surface area (Å²) in [6.45, 7) is 5.77. The van der Waals surface area contributed by atoms with E-state index >= 15 is 0 Å². The molecule has 0 aliphatic carbocycles. The Hall–Kier alpha value is -3.13. The molecule has 0 atom stereocenters. The minimum atomic E-state index is -0.579. The average Bonchev–Trinajstić information content (AvgIpc) is 2.98. The van der Waals surface area contributed by atoms with Crippen LogP contribution in [0.15, 0.2) is 36.4 Å². The third-order valence-corrected chi connectivity index (χ3v) is 5.25. The number of nitrogens with zero attached hydrogens (tertiary/aromatic N) is 1. The molecule has 0 bridgehead atoms. The zero-order chi connectivity index (χ0) is 21.2. The predicted octanol–water partition coefficient (Wildman–Crippen LogP) is 3.71. The maximum atomic E-state index is 11.9. The zero-order valence-corrected chi connectivity index (χ0v) is 17.4. The van der Waals surface area contributed by atoms with E-state index in [1.165, 1.54) is 11.3 Å². The number of thiophene rings is 1. The van der Waals surface area contributed by atoms with Gasteiger partial charge in [0.15, 0.2) is 0 Å². The number of aromatic nitrogens is 1. The smallest absolute Gasteiger partial charge is 0.407 e. The lowest BCUT2D eigenvalue weighted by atomic mass is 10.0. The number of pyridine rings is 1. The number of carbonyl (C=O) groups excluding carboxylic acids is 2. The number of nitrogens with one attached hydrogen (secondary N) is 1. The molecule has 3 rings (SSSR count). The molecule has 0 fully saturated rings. The Bertz CT molecular complexity index is 1060. The van der Waals surface area contributed by atoms with Crippen molar-refractivity contribution in [1.29, 1.82) is 0 Å². The summed E-state index contributed by atoms with van der Waals surface area (Å²) in [6, 6.07) is 11.7. The SMILES string of the molecule is CC(C)(C)OC(=O)NCCc1cc(-c2ccccc2)nc2sc(C(N)=O)c(N)c12. The summed E-state index contributed by atoms with van der Waals surface area (Å²) >= 11 is 1.18. The Morgan fingerprint density at radius 2 is 1.90 bits per heavy atom. The van der Waals surface area contributed by atoms with E-state index in [0.29, 0.717) is 33.7 Å².